The molecule has 2 rings (SSSR count). The predicted octanol–water partition coefficient (Wildman–Crippen LogP) is 2.74. The van der Waals surface area contributed by atoms with Crippen molar-refractivity contribution in [3.8, 4) is 17.0 Å². The molecule has 0 atom stereocenters. The van der Waals surface area contributed by atoms with Crippen LogP contribution in [-0.2, 0) is 0 Å². The standard InChI is InChI=1S/C14H17N3O/c1-4-18-12-7-5-11(6-8-12)13-9(2)10(3)14(15)17-16-13/h5-8H,4H2,1-3H3,(H2,15,17). The largest absolute Gasteiger partial charge is 0.494 e. The van der Waals surface area contributed by atoms with E-state index in [0.717, 1.165) is 28.1 Å². The zero-order valence-corrected chi connectivity index (χ0v) is 10.9. The van der Waals surface area contributed by atoms with Crippen LogP contribution in [0.4, 0.5) is 5.82 Å². The number of nitrogens with zero attached hydrogens (tertiary/aromatic N) is 2. The van der Waals surface area contributed by atoms with Gasteiger partial charge in [0.15, 0.2) is 0 Å². The maximum absolute atomic E-state index is 5.74. The third-order valence-corrected chi connectivity index (χ3v) is 3.00. The second kappa shape index (κ2) is 5.04. The lowest BCUT2D eigenvalue weighted by molar-refractivity contribution is 0.340. The molecule has 0 amide bonds. The molecule has 0 spiro atoms. The smallest absolute Gasteiger partial charge is 0.149 e. The number of rotatable bonds is 3. The fourth-order valence-electron chi connectivity index (χ4n) is 1.77. The Morgan fingerprint density at radius 2 is 1.72 bits per heavy atom. The van der Waals surface area contributed by atoms with E-state index >= 15 is 0 Å². The SMILES string of the molecule is CCOc1ccc(-c2nnc(N)c(C)c2C)cc1. The van der Waals surface area contributed by atoms with Gasteiger partial charge in [-0.2, -0.15) is 0 Å². The maximum Gasteiger partial charge on any atom is 0.149 e. The molecule has 0 saturated heterocycles. The van der Waals surface area contributed by atoms with Crippen LogP contribution in [0.15, 0.2) is 24.3 Å². The van der Waals surface area contributed by atoms with Crippen LogP contribution in [0.1, 0.15) is 18.1 Å². The molecule has 1 aromatic carbocycles. The van der Waals surface area contributed by atoms with Crippen molar-refractivity contribution in [2.75, 3.05) is 12.3 Å². The van der Waals surface area contributed by atoms with Gasteiger partial charge in [-0.3, -0.25) is 0 Å². The lowest BCUT2D eigenvalue weighted by Crippen LogP contribution is -2.02. The quantitative estimate of drug-likeness (QED) is 0.900. The molecule has 0 saturated carbocycles. The first-order chi connectivity index (χ1) is 8.63. The van der Waals surface area contributed by atoms with Gasteiger partial charge in [0.1, 0.15) is 11.6 Å². The van der Waals surface area contributed by atoms with Gasteiger partial charge < -0.3 is 10.5 Å². The molecule has 0 radical (unpaired) electrons. The third-order valence-electron chi connectivity index (χ3n) is 3.00. The Hall–Kier alpha value is -2.10. The molecule has 0 bridgehead atoms. The zero-order chi connectivity index (χ0) is 13.1. The van der Waals surface area contributed by atoms with Crippen molar-refractivity contribution in [2.45, 2.75) is 20.8 Å². The minimum atomic E-state index is 0.488. The van der Waals surface area contributed by atoms with Gasteiger partial charge in [0.05, 0.1) is 12.3 Å². The summed E-state index contributed by atoms with van der Waals surface area (Å²) in [6, 6.07) is 7.84. The first-order valence-electron chi connectivity index (χ1n) is 5.96. The molecule has 1 aromatic heterocycles. The van der Waals surface area contributed by atoms with Gasteiger partial charge in [-0.1, -0.05) is 0 Å². The topological polar surface area (TPSA) is 61.0 Å². The highest BCUT2D eigenvalue weighted by atomic mass is 16.5. The van der Waals surface area contributed by atoms with Gasteiger partial charge in [-0.15, -0.1) is 10.2 Å². The molecule has 2 N–H and O–H groups in total. The van der Waals surface area contributed by atoms with E-state index in [4.69, 9.17) is 10.5 Å². The summed E-state index contributed by atoms with van der Waals surface area (Å²) in [6.07, 6.45) is 0. The van der Waals surface area contributed by atoms with E-state index in [9.17, 15) is 0 Å². The Balaban J connectivity index is 2.40. The van der Waals surface area contributed by atoms with Crippen LogP contribution in [0.25, 0.3) is 11.3 Å². The lowest BCUT2D eigenvalue weighted by atomic mass is 10.0. The summed E-state index contributed by atoms with van der Waals surface area (Å²) in [5.74, 6) is 1.35. The van der Waals surface area contributed by atoms with E-state index in [0.29, 0.717) is 12.4 Å². The molecule has 1 heterocycles. The van der Waals surface area contributed by atoms with Crippen LogP contribution in [-0.4, -0.2) is 16.8 Å². The number of hydrogen-bond acceptors (Lipinski definition) is 4. The molecule has 2 aromatic rings. The van der Waals surface area contributed by atoms with Crippen molar-refractivity contribution in [3.63, 3.8) is 0 Å². The van der Waals surface area contributed by atoms with Gasteiger partial charge in [-0.25, -0.2) is 0 Å². The van der Waals surface area contributed by atoms with Crippen molar-refractivity contribution in [1.29, 1.82) is 0 Å². The monoisotopic (exact) mass is 243 g/mol. The van der Waals surface area contributed by atoms with E-state index in [1.807, 2.05) is 45.0 Å². The van der Waals surface area contributed by atoms with E-state index in [-0.39, 0.29) is 0 Å². The minimum absolute atomic E-state index is 0.488. The fourth-order valence-corrected chi connectivity index (χ4v) is 1.77. The van der Waals surface area contributed by atoms with Gasteiger partial charge in [0.25, 0.3) is 0 Å². The average Bonchev–Trinajstić information content (AvgIpc) is 2.38. The molecule has 94 valence electrons. The highest BCUT2D eigenvalue weighted by molar-refractivity contribution is 5.66. The molecule has 18 heavy (non-hydrogen) atoms. The first kappa shape index (κ1) is 12.4. The van der Waals surface area contributed by atoms with Gasteiger partial charge in [0.2, 0.25) is 0 Å². The fraction of sp³-hybridized carbons (Fsp3) is 0.286. The summed E-state index contributed by atoms with van der Waals surface area (Å²) >= 11 is 0. The number of anilines is 1. The van der Waals surface area contributed by atoms with Crippen LogP contribution in [0.5, 0.6) is 5.75 Å². The number of hydrogen-bond donors (Lipinski definition) is 1. The van der Waals surface area contributed by atoms with E-state index < -0.39 is 0 Å². The zero-order valence-electron chi connectivity index (χ0n) is 10.9. The van der Waals surface area contributed by atoms with Crippen molar-refractivity contribution in [1.82, 2.24) is 10.2 Å². The van der Waals surface area contributed by atoms with Gasteiger partial charge in [0, 0.05) is 5.56 Å². The number of ether oxygens (including phenoxy) is 1. The summed E-state index contributed by atoms with van der Waals surface area (Å²) < 4.78 is 5.41. The summed E-state index contributed by atoms with van der Waals surface area (Å²) in [4.78, 5) is 0. The average molecular weight is 243 g/mol. The van der Waals surface area contributed by atoms with Crippen molar-refractivity contribution in [3.05, 3.63) is 35.4 Å². The Labute approximate surface area is 107 Å². The summed E-state index contributed by atoms with van der Waals surface area (Å²) in [5, 5.41) is 8.14. The number of benzene rings is 1. The molecule has 0 fully saturated rings. The van der Waals surface area contributed by atoms with Gasteiger partial charge >= 0.3 is 0 Å². The minimum Gasteiger partial charge on any atom is -0.494 e. The number of nitrogens with two attached hydrogens (primary N) is 1. The lowest BCUT2D eigenvalue weighted by Gasteiger charge is -2.09. The Morgan fingerprint density at radius 1 is 1.06 bits per heavy atom. The molecule has 0 aliphatic heterocycles. The molecule has 0 aliphatic rings. The molecule has 0 unspecified atom stereocenters. The first-order valence-corrected chi connectivity index (χ1v) is 5.96. The van der Waals surface area contributed by atoms with E-state index in [1.165, 1.54) is 0 Å². The second-order valence-electron chi connectivity index (χ2n) is 4.14. The Morgan fingerprint density at radius 3 is 2.33 bits per heavy atom. The second-order valence-corrected chi connectivity index (χ2v) is 4.14. The number of aromatic nitrogens is 2. The van der Waals surface area contributed by atoms with Crippen LogP contribution in [0.3, 0.4) is 0 Å². The highest BCUT2D eigenvalue weighted by Crippen LogP contribution is 2.26. The van der Waals surface area contributed by atoms with E-state index in [1.54, 1.807) is 0 Å². The summed E-state index contributed by atoms with van der Waals surface area (Å²) in [5.41, 5.74) is 9.67. The molecular weight excluding hydrogens is 226 g/mol. The van der Waals surface area contributed by atoms with E-state index in [2.05, 4.69) is 10.2 Å². The molecule has 4 nitrogen and oxygen atoms in total. The van der Waals surface area contributed by atoms with Crippen LogP contribution >= 0.6 is 0 Å². The molecular formula is C14H17N3O. The van der Waals surface area contributed by atoms with Crippen LogP contribution < -0.4 is 10.5 Å². The van der Waals surface area contributed by atoms with Crippen molar-refractivity contribution < 1.29 is 4.74 Å². The van der Waals surface area contributed by atoms with Gasteiger partial charge in [-0.05, 0) is 56.2 Å². The maximum atomic E-state index is 5.74. The molecule has 0 aliphatic carbocycles. The van der Waals surface area contributed by atoms with Crippen LogP contribution in [0, 0.1) is 13.8 Å². The summed E-state index contributed by atoms with van der Waals surface area (Å²) in [6.45, 7) is 6.59. The molecule has 4 heteroatoms. The van der Waals surface area contributed by atoms with Crippen molar-refractivity contribution >= 4 is 5.82 Å². The van der Waals surface area contributed by atoms with Crippen molar-refractivity contribution in [2.24, 2.45) is 0 Å². The number of nitrogen functional groups attached to an aromatic ring is 1. The normalized spacial score (nSPS) is 10.4. The Bertz CT molecular complexity index is 550. The predicted molar refractivity (Wildman–Crippen MR) is 72.5 cm³/mol. The third kappa shape index (κ3) is 2.27. The van der Waals surface area contributed by atoms with Crippen LogP contribution in [0.2, 0.25) is 0 Å². The summed E-state index contributed by atoms with van der Waals surface area (Å²) in [7, 11) is 0. The Kier molecular flexibility index (Phi) is 3.46. The highest BCUT2D eigenvalue weighted by Gasteiger charge is 2.09.